The smallest absolute Gasteiger partial charge is 0.230 e. The minimum Gasteiger partial charge on any atom is -0.376 e. The van der Waals surface area contributed by atoms with E-state index in [1.54, 1.807) is 12.1 Å². The number of rotatable bonds is 7. The molecule has 150 valence electrons. The monoisotopic (exact) mass is 412 g/mol. The Hall–Kier alpha value is -2.71. The highest BCUT2D eigenvalue weighted by molar-refractivity contribution is 7.99. The summed E-state index contributed by atoms with van der Waals surface area (Å²) in [5, 5.41) is 12.1. The van der Waals surface area contributed by atoms with Gasteiger partial charge < -0.3 is 10.1 Å². The van der Waals surface area contributed by atoms with Crippen LogP contribution in [0.15, 0.2) is 59.8 Å². The second kappa shape index (κ2) is 9.19. The molecule has 1 atom stereocenters. The van der Waals surface area contributed by atoms with Crippen LogP contribution in [0, 0.1) is 5.82 Å². The first-order valence-electron chi connectivity index (χ1n) is 9.48. The molecule has 1 amide bonds. The molecule has 1 N–H and O–H groups in total. The summed E-state index contributed by atoms with van der Waals surface area (Å²) in [5.41, 5.74) is 1.62. The molecule has 0 radical (unpaired) electrons. The highest BCUT2D eigenvalue weighted by atomic mass is 32.2. The predicted octanol–water partition coefficient (Wildman–Crippen LogP) is 3.46. The Morgan fingerprint density at radius 1 is 1.17 bits per heavy atom. The highest BCUT2D eigenvalue weighted by Gasteiger charge is 2.19. The molecule has 8 heteroatoms. The molecule has 0 unspecified atom stereocenters. The Morgan fingerprint density at radius 2 is 1.97 bits per heavy atom. The zero-order valence-electron chi connectivity index (χ0n) is 15.8. The van der Waals surface area contributed by atoms with Crippen LogP contribution in [0.2, 0.25) is 0 Å². The number of carbonyl (C=O) groups excluding carboxylic acids is 1. The average Bonchev–Trinajstić information content (AvgIpc) is 3.42. The van der Waals surface area contributed by atoms with E-state index >= 15 is 0 Å². The molecular formula is C21H21FN4O2S. The molecule has 1 saturated heterocycles. The normalized spacial score (nSPS) is 16.1. The highest BCUT2D eigenvalue weighted by Crippen LogP contribution is 2.28. The fraction of sp³-hybridized carbons (Fsp3) is 0.286. The lowest BCUT2D eigenvalue weighted by molar-refractivity contribution is -0.119. The largest absolute Gasteiger partial charge is 0.376 e. The number of benzene rings is 2. The van der Waals surface area contributed by atoms with Crippen LogP contribution in [0.3, 0.4) is 0 Å². The number of aromatic nitrogens is 3. The second-order valence-electron chi connectivity index (χ2n) is 6.71. The molecule has 3 aromatic rings. The van der Waals surface area contributed by atoms with Crippen LogP contribution in [0.25, 0.3) is 17.1 Å². The van der Waals surface area contributed by atoms with Crippen molar-refractivity contribution in [1.82, 2.24) is 20.1 Å². The van der Waals surface area contributed by atoms with Crippen LogP contribution in [0.4, 0.5) is 4.39 Å². The van der Waals surface area contributed by atoms with Gasteiger partial charge in [-0.3, -0.25) is 9.36 Å². The molecule has 1 aromatic heterocycles. The van der Waals surface area contributed by atoms with Gasteiger partial charge in [-0.15, -0.1) is 10.2 Å². The van der Waals surface area contributed by atoms with Crippen LogP contribution in [0.1, 0.15) is 12.8 Å². The maximum absolute atomic E-state index is 13.3. The standard InChI is InChI=1S/C21H21FN4O2S/c22-16-10-8-15(9-11-16)20-24-25-21(26(20)17-5-2-1-3-6-17)29-14-19(27)23-13-18-7-4-12-28-18/h1-3,5-6,8-11,18H,4,7,12-14H2,(H,23,27)/t18-/m1/s1. The molecule has 1 aliphatic heterocycles. The van der Waals surface area contributed by atoms with Gasteiger partial charge in [0.05, 0.1) is 11.9 Å². The summed E-state index contributed by atoms with van der Waals surface area (Å²) in [6.45, 7) is 1.30. The van der Waals surface area contributed by atoms with Crippen LogP contribution >= 0.6 is 11.8 Å². The van der Waals surface area contributed by atoms with Gasteiger partial charge in [0.2, 0.25) is 5.91 Å². The summed E-state index contributed by atoms with van der Waals surface area (Å²) in [6, 6.07) is 15.8. The van der Waals surface area contributed by atoms with Gasteiger partial charge >= 0.3 is 0 Å². The Kier molecular flexibility index (Phi) is 6.21. The van der Waals surface area contributed by atoms with Crippen molar-refractivity contribution in [1.29, 1.82) is 0 Å². The molecule has 2 heterocycles. The van der Waals surface area contributed by atoms with Gasteiger partial charge in [0.15, 0.2) is 11.0 Å². The van der Waals surface area contributed by atoms with E-state index in [1.807, 2.05) is 34.9 Å². The third-order valence-electron chi connectivity index (χ3n) is 4.63. The molecule has 29 heavy (non-hydrogen) atoms. The van der Waals surface area contributed by atoms with Crippen molar-refractivity contribution < 1.29 is 13.9 Å². The van der Waals surface area contributed by atoms with Crippen molar-refractivity contribution in [2.75, 3.05) is 18.9 Å². The molecule has 0 bridgehead atoms. The van der Waals surface area contributed by atoms with E-state index in [1.165, 1.54) is 23.9 Å². The first-order valence-corrected chi connectivity index (χ1v) is 10.5. The van der Waals surface area contributed by atoms with Gasteiger partial charge in [0, 0.05) is 24.4 Å². The third kappa shape index (κ3) is 4.83. The van der Waals surface area contributed by atoms with Crippen molar-refractivity contribution in [3.63, 3.8) is 0 Å². The van der Waals surface area contributed by atoms with Gasteiger partial charge in [-0.2, -0.15) is 0 Å². The molecule has 1 fully saturated rings. The molecule has 2 aromatic carbocycles. The van der Waals surface area contributed by atoms with Gasteiger partial charge in [-0.1, -0.05) is 30.0 Å². The van der Waals surface area contributed by atoms with Gasteiger partial charge in [-0.05, 0) is 49.2 Å². The average molecular weight is 412 g/mol. The van der Waals surface area contributed by atoms with Crippen molar-refractivity contribution in [3.05, 3.63) is 60.4 Å². The number of para-hydroxylation sites is 1. The molecule has 6 nitrogen and oxygen atoms in total. The Morgan fingerprint density at radius 3 is 2.69 bits per heavy atom. The molecular weight excluding hydrogens is 391 g/mol. The first-order chi connectivity index (χ1) is 14.2. The van der Waals surface area contributed by atoms with E-state index in [4.69, 9.17) is 4.74 Å². The molecule has 4 rings (SSSR count). The summed E-state index contributed by atoms with van der Waals surface area (Å²) < 4.78 is 20.7. The zero-order chi connectivity index (χ0) is 20.1. The quantitative estimate of drug-likeness (QED) is 0.602. The lowest BCUT2D eigenvalue weighted by Gasteiger charge is -2.12. The van der Waals surface area contributed by atoms with Gasteiger partial charge in [0.25, 0.3) is 0 Å². The summed E-state index contributed by atoms with van der Waals surface area (Å²) in [5.74, 6) is 0.438. The summed E-state index contributed by atoms with van der Waals surface area (Å²) in [4.78, 5) is 12.2. The van der Waals surface area contributed by atoms with E-state index in [0.29, 0.717) is 17.5 Å². The van der Waals surface area contributed by atoms with Crippen molar-refractivity contribution in [2.24, 2.45) is 0 Å². The van der Waals surface area contributed by atoms with Crippen LogP contribution < -0.4 is 5.32 Å². The van der Waals surface area contributed by atoms with E-state index in [0.717, 1.165) is 30.7 Å². The Bertz CT molecular complexity index is 957. The van der Waals surface area contributed by atoms with E-state index in [2.05, 4.69) is 15.5 Å². The lowest BCUT2D eigenvalue weighted by Crippen LogP contribution is -2.32. The second-order valence-corrected chi connectivity index (χ2v) is 7.65. The summed E-state index contributed by atoms with van der Waals surface area (Å²) >= 11 is 1.31. The maximum Gasteiger partial charge on any atom is 0.230 e. The fourth-order valence-corrected chi connectivity index (χ4v) is 3.96. The number of amides is 1. The SMILES string of the molecule is O=C(CSc1nnc(-c2ccc(F)cc2)n1-c1ccccc1)NC[C@H]1CCCO1. The number of carbonyl (C=O) groups is 1. The topological polar surface area (TPSA) is 69.0 Å². The number of nitrogens with zero attached hydrogens (tertiary/aromatic N) is 3. The molecule has 0 aliphatic carbocycles. The predicted molar refractivity (Wildman–Crippen MR) is 109 cm³/mol. The molecule has 0 saturated carbocycles. The number of hydrogen-bond acceptors (Lipinski definition) is 5. The van der Waals surface area contributed by atoms with Crippen molar-refractivity contribution in [3.8, 4) is 17.1 Å². The summed E-state index contributed by atoms with van der Waals surface area (Å²) in [6.07, 6.45) is 2.14. The molecule has 1 aliphatic rings. The van der Waals surface area contributed by atoms with Gasteiger partial charge in [-0.25, -0.2) is 4.39 Å². The lowest BCUT2D eigenvalue weighted by atomic mass is 10.2. The number of hydrogen-bond donors (Lipinski definition) is 1. The Balaban J connectivity index is 1.52. The van der Waals surface area contributed by atoms with Crippen LogP contribution in [-0.4, -0.2) is 45.7 Å². The van der Waals surface area contributed by atoms with Crippen molar-refractivity contribution >= 4 is 17.7 Å². The van der Waals surface area contributed by atoms with E-state index < -0.39 is 0 Å². The first kappa shape index (κ1) is 19.6. The minimum atomic E-state index is -0.308. The number of halogens is 1. The van der Waals surface area contributed by atoms with E-state index in [-0.39, 0.29) is 23.6 Å². The maximum atomic E-state index is 13.3. The fourth-order valence-electron chi connectivity index (χ4n) is 3.17. The molecule has 0 spiro atoms. The number of nitrogens with one attached hydrogen (secondary N) is 1. The van der Waals surface area contributed by atoms with E-state index in [9.17, 15) is 9.18 Å². The summed E-state index contributed by atoms with van der Waals surface area (Å²) in [7, 11) is 0. The minimum absolute atomic E-state index is 0.0727. The van der Waals surface area contributed by atoms with Crippen LogP contribution in [-0.2, 0) is 9.53 Å². The van der Waals surface area contributed by atoms with Gasteiger partial charge in [0.1, 0.15) is 5.82 Å². The third-order valence-corrected chi connectivity index (χ3v) is 5.56. The van der Waals surface area contributed by atoms with Crippen molar-refractivity contribution in [2.45, 2.75) is 24.1 Å². The number of ether oxygens (including phenoxy) is 1. The Labute approximate surface area is 172 Å². The zero-order valence-corrected chi connectivity index (χ0v) is 16.6. The number of thioether (sulfide) groups is 1. The van der Waals surface area contributed by atoms with Crippen LogP contribution in [0.5, 0.6) is 0 Å².